The highest BCUT2D eigenvalue weighted by molar-refractivity contribution is 6.65. The van der Waals surface area contributed by atoms with E-state index in [2.05, 4.69) is 6.58 Å². The van der Waals surface area contributed by atoms with Gasteiger partial charge in [-0.15, -0.1) is 0 Å². The highest BCUT2D eigenvalue weighted by Crippen LogP contribution is 2.00. The summed E-state index contributed by atoms with van der Waals surface area (Å²) >= 11 is 0. The molecule has 0 aromatic carbocycles. The molecule has 0 atom stereocenters. The third-order valence-corrected chi connectivity index (χ3v) is 8.16. The Balaban J connectivity index is 2.32. The van der Waals surface area contributed by atoms with Gasteiger partial charge in [0.25, 0.3) is 30.0 Å². The predicted molar refractivity (Wildman–Crippen MR) is 51.9 cm³/mol. The largest absolute Gasteiger partial charge is 0.425 e. The lowest BCUT2D eigenvalue weighted by atomic mass is 10.8. The number of hydrogen-bond acceptors (Lipinski definition) is 4. The van der Waals surface area contributed by atoms with Crippen LogP contribution in [0.15, 0.2) is 11.8 Å². The molecule has 4 nitrogen and oxygen atoms in total. The molecular formula is C3H12O4Si4. The molecule has 0 aromatic rings. The van der Waals surface area contributed by atoms with Crippen LogP contribution in [0, 0.1) is 0 Å². The van der Waals surface area contributed by atoms with E-state index in [0.29, 0.717) is 0 Å². The van der Waals surface area contributed by atoms with E-state index in [-0.39, 0.29) is 0 Å². The first kappa shape index (κ1) is 9.53. The maximum Gasteiger partial charge on any atom is 0.332 e. The maximum absolute atomic E-state index is 5.47. The van der Waals surface area contributed by atoms with E-state index < -0.39 is 39.3 Å². The molecule has 0 aromatic heterocycles. The normalized spacial score (nSPS) is 33.7. The Kier molecular flexibility index (Phi) is 4.47. The number of rotatable bonds is 1. The van der Waals surface area contributed by atoms with Crippen molar-refractivity contribution in [3.8, 4) is 0 Å². The maximum atomic E-state index is 5.47. The van der Waals surface area contributed by atoms with Crippen LogP contribution in [0.1, 0.15) is 6.92 Å². The molecule has 64 valence electrons. The van der Waals surface area contributed by atoms with Gasteiger partial charge in [0.1, 0.15) is 0 Å². The van der Waals surface area contributed by atoms with E-state index in [4.69, 9.17) is 16.5 Å². The second kappa shape index (κ2) is 5.16. The average Bonchev–Trinajstić information content (AvgIpc) is 1.84. The van der Waals surface area contributed by atoms with Gasteiger partial charge in [0.15, 0.2) is 0 Å². The van der Waals surface area contributed by atoms with Gasteiger partial charge in [-0.05, 0) is 12.1 Å². The van der Waals surface area contributed by atoms with Crippen molar-refractivity contribution < 1.29 is 16.5 Å². The predicted octanol–water partition coefficient (Wildman–Crippen LogP) is -2.60. The quantitative estimate of drug-likeness (QED) is 0.458. The van der Waals surface area contributed by atoms with Crippen LogP contribution in [0.2, 0.25) is 0 Å². The van der Waals surface area contributed by atoms with Crippen molar-refractivity contribution in [3.63, 3.8) is 0 Å². The van der Waals surface area contributed by atoms with Crippen LogP contribution in [0.5, 0.6) is 0 Å². The Morgan fingerprint density at radius 2 is 1.73 bits per heavy atom. The lowest BCUT2D eigenvalue weighted by Crippen LogP contribution is -2.34. The molecular weight excluding hydrogens is 212 g/mol. The summed E-state index contributed by atoms with van der Waals surface area (Å²) in [7, 11) is -3.91. The second-order valence-corrected chi connectivity index (χ2v) is 10.6. The zero-order valence-corrected chi connectivity index (χ0v) is 11.9. The molecule has 0 N–H and O–H groups in total. The van der Waals surface area contributed by atoms with Crippen molar-refractivity contribution in [2.24, 2.45) is 0 Å². The van der Waals surface area contributed by atoms with Crippen LogP contribution in [-0.4, -0.2) is 39.3 Å². The van der Waals surface area contributed by atoms with Crippen LogP contribution in [0.25, 0.3) is 0 Å². The second-order valence-electron chi connectivity index (χ2n) is 2.27. The van der Waals surface area contributed by atoms with Gasteiger partial charge >= 0.3 is 9.28 Å². The lowest BCUT2D eigenvalue weighted by molar-refractivity contribution is 0.334. The summed E-state index contributed by atoms with van der Waals surface area (Å²) in [5, 5.41) is 1.03. The molecule has 1 heterocycles. The zero-order chi connectivity index (χ0) is 8.10. The van der Waals surface area contributed by atoms with E-state index >= 15 is 0 Å². The summed E-state index contributed by atoms with van der Waals surface area (Å²) in [4.78, 5) is 0. The van der Waals surface area contributed by atoms with Crippen molar-refractivity contribution in [1.82, 2.24) is 0 Å². The lowest BCUT2D eigenvalue weighted by Gasteiger charge is -2.20. The molecule has 0 amide bonds. The summed E-state index contributed by atoms with van der Waals surface area (Å²) in [6.07, 6.45) is 0. The summed E-state index contributed by atoms with van der Waals surface area (Å²) in [5.41, 5.74) is 0. The van der Waals surface area contributed by atoms with Crippen molar-refractivity contribution >= 4 is 39.3 Å². The fourth-order valence-corrected chi connectivity index (χ4v) is 9.77. The van der Waals surface area contributed by atoms with Gasteiger partial charge in [-0.2, -0.15) is 0 Å². The fraction of sp³-hybridized carbons (Fsp3) is 0.333. The SMILES string of the molecule is C=C(C)[SiH]1O[SiH2]O[SiH2]O[SiH2]O1. The Morgan fingerprint density at radius 1 is 1.18 bits per heavy atom. The molecule has 0 bridgehead atoms. The molecule has 0 unspecified atom stereocenters. The van der Waals surface area contributed by atoms with Gasteiger partial charge in [0, 0.05) is 0 Å². The Morgan fingerprint density at radius 3 is 2.18 bits per heavy atom. The van der Waals surface area contributed by atoms with Crippen molar-refractivity contribution in [1.29, 1.82) is 0 Å². The Labute approximate surface area is 74.9 Å². The standard InChI is InChI=1S/C3H12O4Si4/c1-3(2)11-6-9-4-8-5-10-7-11/h11H,1,8-10H2,2H3. The first-order valence-corrected chi connectivity index (χ1v) is 8.33. The van der Waals surface area contributed by atoms with E-state index in [9.17, 15) is 0 Å². The molecule has 0 aliphatic carbocycles. The van der Waals surface area contributed by atoms with E-state index in [1.807, 2.05) is 6.92 Å². The summed E-state index contributed by atoms with van der Waals surface area (Å²) in [6.45, 7) is 5.75. The molecule has 1 aliphatic heterocycles. The van der Waals surface area contributed by atoms with Crippen molar-refractivity contribution in [3.05, 3.63) is 11.8 Å². The summed E-state index contributed by atoms with van der Waals surface area (Å²) in [5.74, 6) is 0. The molecule has 1 saturated heterocycles. The van der Waals surface area contributed by atoms with Crippen LogP contribution < -0.4 is 0 Å². The van der Waals surface area contributed by atoms with Crippen molar-refractivity contribution in [2.75, 3.05) is 0 Å². The minimum atomic E-state index is -1.57. The molecule has 1 aliphatic rings. The third kappa shape index (κ3) is 3.57. The van der Waals surface area contributed by atoms with Gasteiger partial charge in [-0.25, -0.2) is 0 Å². The highest BCUT2D eigenvalue weighted by atomic mass is 28.4. The van der Waals surface area contributed by atoms with E-state index in [1.165, 1.54) is 0 Å². The smallest absolute Gasteiger partial charge is 0.332 e. The molecule has 0 radical (unpaired) electrons. The van der Waals surface area contributed by atoms with Gasteiger partial charge < -0.3 is 16.5 Å². The first-order valence-electron chi connectivity index (χ1n) is 3.35. The van der Waals surface area contributed by atoms with Crippen LogP contribution in [0.4, 0.5) is 0 Å². The Hall–Kier alpha value is 0.448. The topological polar surface area (TPSA) is 36.9 Å². The summed E-state index contributed by atoms with van der Waals surface area (Å²) in [6, 6.07) is 0. The number of allylic oxidation sites excluding steroid dienone is 1. The average molecular weight is 224 g/mol. The van der Waals surface area contributed by atoms with Crippen molar-refractivity contribution in [2.45, 2.75) is 6.92 Å². The Bertz CT molecular complexity index is 133. The minimum absolute atomic E-state index is 0.730. The highest BCUT2D eigenvalue weighted by Gasteiger charge is 2.15. The van der Waals surface area contributed by atoms with Crippen LogP contribution in [0.3, 0.4) is 0 Å². The monoisotopic (exact) mass is 224 g/mol. The van der Waals surface area contributed by atoms with E-state index in [0.717, 1.165) is 5.20 Å². The fourth-order valence-electron chi connectivity index (χ4n) is 0.679. The zero-order valence-electron chi connectivity index (χ0n) is 6.54. The minimum Gasteiger partial charge on any atom is -0.425 e. The van der Waals surface area contributed by atoms with Gasteiger partial charge in [0.05, 0.1) is 0 Å². The van der Waals surface area contributed by atoms with E-state index in [1.54, 1.807) is 0 Å². The molecule has 1 rings (SSSR count). The third-order valence-electron chi connectivity index (χ3n) is 1.17. The van der Waals surface area contributed by atoms with Gasteiger partial charge in [0.2, 0.25) is 0 Å². The van der Waals surface area contributed by atoms with Crippen LogP contribution in [-0.2, 0) is 16.5 Å². The molecule has 0 spiro atoms. The first-order chi connectivity index (χ1) is 5.30. The number of hydrogen-bond donors (Lipinski definition) is 0. The molecule has 11 heavy (non-hydrogen) atoms. The van der Waals surface area contributed by atoms with Gasteiger partial charge in [-0.1, -0.05) is 6.58 Å². The summed E-state index contributed by atoms with van der Waals surface area (Å²) < 4.78 is 21.4. The van der Waals surface area contributed by atoms with Gasteiger partial charge in [-0.3, -0.25) is 0 Å². The molecule has 8 heteroatoms. The molecule has 0 saturated carbocycles. The van der Waals surface area contributed by atoms with Crippen LogP contribution >= 0.6 is 0 Å². The molecule has 1 fully saturated rings.